The van der Waals surface area contributed by atoms with Gasteiger partial charge in [0.1, 0.15) is 5.75 Å². The average molecular weight is 504 g/mol. The van der Waals surface area contributed by atoms with Crippen LogP contribution in [0.3, 0.4) is 0 Å². The van der Waals surface area contributed by atoms with Gasteiger partial charge >= 0.3 is 5.97 Å². The molecule has 33 heavy (non-hydrogen) atoms. The molecule has 166 valence electrons. The van der Waals surface area contributed by atoms with Crippen LogP contribution < -0.4 is 9.64 Å². The van der Waals surface area contributed by atoms with Crippen molar-refractivity contribution in [3.05, 3.63) is 105 Å². The maximum Gasteiger partial charge on any atom is 0.336 e. The molecule has 1 aliphatic rings. The maximum atomic E-state index is 13.6. The third-order valence-electron chi connectivity index (χ3n) is 5.41. The first-order valence-electron chi connectivity index (χ1n) is 10.5. The summed E-state index contributed by atoms with van der Waals surface area (Å²) in [5.74, 6) is -0.508. The van der Waals surface area contributed by atoms with E-state index in [9.17, 15) is 14.7 Å². The number of halogens is 1. The summed E-state index contributed by atoms with van der Waals surface area (Å²) in [6, 6.07) is 20.2. The highest BCUT2D eigenvalue weighted by molar-refractivity contribution is 9.10. The lowest BCUT2D eigenvalue weighted by molar-refractivity contribution is -0.113. The van der Waals surface area contributed by atoms with Gasteiger partial charge in [0.15, 0.2) is 0 Å². The van der Waals surface area contributed by atoms with Crippen molar-refractivity contribution in [1.82, 2.24) is 0 Å². The van der Waals surface area contributed by atoms with E-state index in [1.165, 1.54) is 0 Å². The number of carboxylic acids is 1. The molecule has 4 rings (SSSR count). The van der Waals surface area contributed by atoms with Gasteiger partial charge in [0.2, 0.25) is 0 Å². The Balaban J connectivity index is 1.82. The lowest BCUT2D eigenvalue weighted by Gasteiger charge is -2.23. The Labute approximate surface area is 200 Å². The lowest BCUT2D eigenvalue weighted by Crippen LogP contribution is -2.26. The minimum atomic E-state index is -1.03. The first-order chi connectivity index (χ1) is 15.9. The van der Waals surface area contributed by atoms with E-state index < -0.39 is 5.97 Å². The number of carbonyl (C=O) groups is 2. The van der Waals surface area contributed by atoms with Crippen LogP contribution in [0.2, 0.25) is 0 Å². The summed E-state index contributed by atoms with van der Waals surface area (Å²) in [6.07, 6.45) is 3.66. The molecule has 0 atom stereocenters. The molecule has 1 heterocycles. The van der Waals surface area contributed by atoms with Crippen molar-refractivity contribution in [2.45, 2.75) is 13.8 Å². The monoisotopic (exact) mass is 503 g/mol. The van der Waals surface area contributed by atoms with Crippen molar-refractivity contribution in [2.24, 2.45) is 0 Å². The number of rotatable bonds is 6. The second kappa shape index (κ2) is 9.46. The highest BCUT2D eigenvalue weighted by Gasteiger charge is 2.32. The molecule has 0 spiro atoms. The zero-order chi connectivity index (χ0) is 23.5. The number of anilines is 1. The molecule has 6 heteroatoms. The molecule has 1 N–H and O–H groups in total. The number of hydrogen-bond donors (Lipinski definition) is 1. The zero-order valence-electron chi connectivity index (χ0n) is 18.2. The summed E-state index contributed by atoms with van der Waals surface area (Å²) in [6.45, 7) is 4.20. The van der Waals surface area contributed by atoms with Gasteiger partial charge in [-0.2, -0.15) is 0 Å². The third-order valence-corrected chi connectivity index (χ3v) is 6.03. The molecular weight excluding hydrogens is 482 g/mol. The van der Waals surface area contributed by atoms with Crippen LogP contribution in [-0.2, 0) is 4.79 Å². The summed E-state index contributed by atoms with van der Waals surface area (Å²) >= 11 is 3.52. The molecule has 0 unspecified atom stereocenters. The van der Waals surface area contributed by atoms with Crippen LogP contribution >= 0.6 is 15.9 Å². The lowest BCUT2D eigenvalue weighted by atomic mass is 10.0. The van der Waals surface area contributed by atoms with Crippen molar-refractivity contribution >= 4 is 45.3 Å². The number of carboxylic acid groups (broad SMARTS) is 1. The molecule has 3 aromatic rings. The largest absolute Gasteiger partial charge is 0.493 e. The summed E-state index contributed by atoms with van der Waals surface area (Å²) in [4.78, 5) is 26.9. The second-order valence-corrected chi connectivity index (χ2v) is 8.37. The predicted molar refractivity (Wildman–Crippen MR) is 133 cm³/mol. The smallest absolute Gasteiger partial charge is 0.336 e. The highest BCUT2D eigenvalue weighted by Crippen LogP contribution is 2.38. The fraction of sp³-hybridized carbons (Fsp3) is 0.111. The van der Waals surface area contributed by atoms with E-state index in [-0.39, 0.29) is 11.5 Å². The molecule has 0 aromatic heterocycles. The molecule has 0 fully saturated rings. The Morgan fingerprint density at radius 2 is 1.85 bits per heavy atom. The fourth-order valence-corrected chi connectivity index (χ4v) is 4.34. The number of carbonyl (C=O) groups excluding carboxylic acids is 1. The molecule has 0 radical (unpaired) electrons. The Bertz CT molecular complexity index is 1290. The SMILES string of the molecule is CCOc1ccc(/C=C2\C=C(c3ccccc3)N(c3cccc(C(=O)O)c3C)C2=O)cc1Br. The van der Waals surface area contributed by atoms with Gasteiger partial charge < -0.3 is 9.84 Å². The number of amides is 1. The van der Waals surface area contributed by atoms with Crippen LogP contribution in [0.15, 0.2) is 82.9 Å². The number of ether oxygens (including phenoxy) is 1. The van der Waals surface area contributed by atoms with Crippen molar-refractivity contribution in [3.63, 3.8) is 0 Å². The number of nitrogens with zero attached hydrogens (tertiary/aromatic N) is 1. The molecule has 0 aliphatic carbocycles. The summed E-state index contributed by atoms with van der Waals surface area (Å²) in [5, 5.41) is 9.57. The molecular formula is C27H22BrNO4. The minimum absolute atomic E-state index is 0.167. The molecule has 0 saturated heterocycles. The quantitative estimate of drug-likeness (QED) is 0.399. The molecule has 5 nitrogen and oxygen atoms in total. The Kier molecular flexibility index (Phi) is 6.47. The fourth-order valence-electron chi connectivity index (χ4n) is 3.83. The Morgan fingerprint density at radius 1 is 1.09 bits per heavy atom. The second-order valence-electron chi connectivity index (χ2n) is 7.51. The molecule has 0 bridgehead atoms. The van der Waals surface area contributed by atoms with Gasteiger partial charge in [0.05, 0.1) is 28.0 Å². The Hall–Kier alpha value is -3.64. The molecule has 3 aromatic carbocycles. The summed E-state index contributed by atoms with van der Waals surface area (Å²) < 4.78 is 6.38. The van der Waals surface area contributed by atoms with E-state index in [2.05, 4.69) is 15.9 Å². The van der Waals surface area contributed by atoms with Gasteiger partial charge in [-0.1, -0.05) is 42.5 Å². The van der Waals surface area contributed by atoms with Gasteiger partial charge in [-0.05, 0) is 82.9 Å². The maximum absolute atomic E-state index is 13.6. The van der Waals surface area contributed by atoms with Crippen LogP contribution in [0.25, 0.3) is 11.8 Å². The minimum Gasteiger partial charge on any atom is -0.493 e. The highest BCUT2D eigenvalue weighted by atomic mass is 79.9. The van der Waals surface area contributed by atoms with E-state index >= 15 is 0 Å². The average Bonchev–Trinajstić information content (AvgIpc) is 3.12. The first kappa shape index (κ1) is 22.6. The van der Waals surface area contributed by atoms with E-state index in [4.69, 9.17) is 4.74 Å². The van der Waals surface area contributed by atoms with E-state index in [1.807, 2.05) is 67.6 Å². The van der Waals surface area contributed by atoms with E-state index in [1.54, 1.807) is 30.0 Å². The van der Waals surface area contributed by atoms with Crippen LogP contribution in [0.4, 0.5) is 5.69 Å². The van der Waals surface area contributed by atoms with Crippen molar-refractivity contribution < 1.29 is 19.4 Å². The van der Waals surface area contributed by atoms with Crippen LogP contribution in [-0.4, -0.2) is 23.6 Å². The number of benzene rings is 3. The van der Waals surface area contributed by atoms with Gasteiger partial charge in [0.25, 0.3) is 5.91 Å². The van der Waals surface area contributed by atoms with Gasteiger partial charge in [-0.25, -0.2) is 4.79 Å². The van der Waals surface area contributed by atoms with Crippen LogP contribution in [0.1, 0.15) is 34.0 Å². The number of aromatic carboxylic acids is 1. The van der Waals surface area contributed by atoms with Gasteiger partial charge in [-0.3, -0.25) is 9.69 Å². The zero-order valence-corrected chi connectivity index (χ0v) is 19.8. The first-order valence-corrected chi connectivity index (χ1v) is 11.3. The molecule has 0 saturated carbocycles. The van der Waals surface area contributed by atoms with E-state index in [0.717, 1.165) is 21.3 Å². The predicted octanol–water partition coefficient (Wildman–Crippen LogP) is 6.33. The standard InChI is InChI=1S/C27H22BrNO4/c1-3-33-25-13-12-18(15-22(25)28)14-20-16-24(19-8-5-4-6-9-19)29(26(20)30)23-11-7-10-21(17(23)2)27(31)32/h4-16H,3H2,1-2H3,(H,31,32)/b20-14+. The van der Waals surface area contributed by atoms with Crippen molar-refractivity contribution in [3.8, 4) is 5.75 Å². The third kappa shape index (κ3) is 4.47. The van der Waals surface area contributed by atoms with Crippen molar-refractivity contribution in [2.75, 3.05) is 11.5 Å². The van der Waals surface area contributed by atoms with Gasteiger partial charge in [-0.15, -0.1) is 0 Å². The molecule has 1 amide bonds. The topological polar surface area (TPSA) is 66.8 Å². The molecule has 1 aliphatic heterocycles. The van der Waals surface area contributed by atoms with Crippen LogP contribution in [0.5, 0.6) is 5.75 Å². The van der Waals surface area contributed by atoms with Crippen LogP contribution in [0, 0.1) is 6.92 Å². The van der Waals surface area contributed by atoms with Gasteiger partial charge in [0, 0.05) is 5.57 Å². The summed E-state index contributed by atoms with van der Waals surface area (Å²) in [7, 11) is 0. The van der Waals surface area contributed by atoms with Crippen molar-refractivity contribution in [1.29, 1.82) is 0 Å². The summed E-state index contributed by atoms with van der Waals surface area (Å²) in [5.41, 5.74) is 4.15. The number of hydrogen-bond acceptors (Lipinski definition) is 3. The Morgan fingerprint density at radius 3 is 2.52 bits per heavy atom. The van der Waals surface area contributed by atoms with E-state index in [0.29, 0.717) is 29.1 Å². The normalized spacial score (nSPS) is 14.5.